The second-order valence-electron chi connectivity index (χ2n) is 7.10. The van der Waals surface area contributed by atoms with Crippen LogP contribution in [0.4, 0.5) is 5.69 Å². The summed E-state index contributed by atoms with van der Waals surface area (Å²) in [6.07, 6.45) is 3.29. The maximum absolute atomic E-state index is 12.4. The van der Waals surface area contributed by atoms with Gasteiger partial charge in [-0.25, -0.2) is 5.43 Å². The van der Waals surface area contributed by atoms with Crippen LogP contribution < -0.4 is 10.7 Å². The molecule has 0 saturated carbocycles. The lowest BCUT2D eigenvalue weighted by molar-refractivity contribution is -0.120. The van der Waals surface area contributed by atoms with Crippen LogP contribution in [0.2, 0.25) is 0 Å². The molecule has 0 aliphatic carbocycles. The number of amides is 1. The number of hydrazone groups is 1. The first-order chi connectivity index (χ1) is 15.5. The number of nitrogens with zero attached hydrogens (tertiary/aromatic N) is 4. The Kier molecular flexibility index (Phi) is 8.04. The van der Waals surface area contributed by atoms with Gasteiger partial charge in [0.2, 0.25) is 0 Å². The van der Waals surface area contributed by atoms with Crippen LogP contribution in [-0.4, -0.2) is 37.2 Å². The Morgan fingerprint density at radius 2 is 1.94 bits per heavy atom. The minimum absolute atomic E-state index is 0.174. The highest BCUT2D eigenvalue weighted by molar-refractivity contribution is 8.00. The summed E-state index contributed by atoms with van der Waals surface area (Å²) in [5.41, 5.74) is 5.49. The van der Waals surface area contributed by atoms with E-state index >= 15 is 0 Å². The molecular weight excluding hydrogens is 424 g/mol. The molecule has 0 fully saturated rings. The van der Waals surface area contributed by atoms with E-state index in [1.165, 1.54) is 23.5 Å². The quantitative estimate of drug-likeness (QED) is 0.188. The van der Waals surface area contributed by atoms with Gasteiger partial charge < -0.3 is 15.0 Å². The molecule has 0 saturated heterocycles. The first-order valence-corrected chi connectivity index (χ1v) is 11.0. The first-order valence-electron chi connectivity index (χ1n) is 10.1. The van der Waals surface area contributed by atoms with E-state index in [1.54, 1.807) is 37.3 Å². The zero-order chi connectivity index (χ0) is 22.9. The summed E-state index contributed by atoms with van der Waals surface area (Å²) in [4.78, 5) is 12.4. The highest BCUT2D eigenvalue weighted by Gasteiger charge is 2.19. The number of benzene rings is 2. The number of phenols is 1. The third-order valence-corrected chi connectivity index (χ3v) is 5.62. The standard InChI is InChI=1S/C23H26N6O2S/c1-4-13-29-21(15-24-19-9-5-16(2)6-10-19)26-28-23(29)32-17(3)22(31)27-25-14-18-7-11-20(30)12-8-18/h4-12,14,17,24,30H,1,13,15H2,2-3H3,(H,27,31)/b25-14+/t17-/m1/s1. The number of thioether (sulfide) groups is 1. The van der Waals surface area contributed by atoms with Gasteiger partial charge in [0.1, 0.15) is 5.75 Å². The fraction of sp³-hybridized carbons (Fsp3) is 0.217. The number of anilines is 1. The normalized spacial score (nSPS) is 11.9. The Labute approximate surface area is 191 Å². The van der Waals surface area contributed by atoms with Gasteiger partial charge in [0.05, 0.1) is 18.0 Å². The molecule has 9 heteroatoms. The average Bonchev–Trinajstić information content (AvgIpc) is 3.16. The zero-order valence-corrected chi connectivity index (χ0v) is 18.8. The molecule has 3 aromatic rings. The van der Waals surface area contributed by atoms with E-state index in [0.717, 1.165) is 17.1 Å². The molecule has 0 unspecified atom stereocenters. The number of allylic oxidation sites excluding steroid dienone is 1. The fourth-order valence-corrected chi connectivity index (χ4v) is 3.61. The molecule has 32 heavy (non-hydrogen) atoms. The number of hydrogen-bond donors (Lipinski definition) is 3. The Morgan fingerprint density at radius 1 is 1.22 bits per heavy atom. The van der Waals surface area contributed by atoms with Gasteiger partial charge in [-0.3, -0.25) is 4.79 Å². The third-order valence-electron chi connectivity index (χ3n) is 4.54. The van der Waals surface area contributed by atoms with Crippen molar-refractivity contribution in [2.75, 3.05) is 5.32 Å². The number of aromatic nitrogens is 3. The fourth-order valence-electron chi connectivity index (χ4n) is 2.74. The average molecular weight is 451 g/mol. The maximum atomic E-state index is 12.4. The number of aryl methyl sites for hydroxylation is 1. The van der Waals surface area contributed by atoms with Crippen LogP contribution >= 0.6 is 11.8 Å². The van der Waals surface area contributed by atoms with Crippen LogP contribution in [0.3, 0.4) is 0 Å². The summed E-state index contributed by atoms with van der Waals surface area (Å²) < 4.78 is 1.93. The van der Waals surface area contributed by atoms with E-state index in [9.17, 15) is 9.90 Å². The lowest BCUT2D eigenvalue weighted by atomic mass is 10.2. The molecule has 1 atom stereocenters. The molecule has 0 spiro atoms. The number of phenolic OH excluding ortho intramolecular Hbond substituents is 1. The Morgan fingerprint density at radius 3 is 2.62 bits per heavy atom. The van der Waals surface area contributed by atoms with Crippen LogP contribution in [0.25, 0.3) is 0 Å². The molecule has 0 aliphatic rings. The van der Waals surface area contributed by atoms with Gasteiger partial charge in [0.15, 0.2) is 11.0 Å². The van der Waals surface area contributed by atoms with Crippen LogP contribution in [-0.2, 0) is 17.9 Å². The molecule has 3 N–H and O–H groups in total. The lowest BCUT2D eigenvalue weighted by Gasteiger charge is -2.12. The summed E-state index contributed by atoms with van der Waals surface area (Å²) in [7, 11) is 0. The highest BCUT2D eigenvalue weighted by atomic mass is 32.2. The number of nitrogens with one attached hydrogen (secondary N) is 2. The van der Waals surface area contributed by atoms with Gasteiger partial charge in [0, 0.05) is 12.2 Å². The van der Waals surface area contributed by atoms with E-state index < -0.39 is 5.25 Å². The van der Waals surface area contributed by atoms with E-state index in [-0.39, 0.29) is 11.7 Å². The van der Waals surface area contributed by atoms with Gasteiger partial charge in [0.25, 0.3) is 5.91 Å². The molecule has 166 valence electrons. The maximum Gasteiger partial charge on any atom is 0.253 e. The van der Waals surface area contributed by atoms with Crippen LogP contribution in [0.5, 0.6) is 5.75 Å². The van der Waals surface area contributed by atoms with Crippen molar-refractivity contribution in [3.63, 3.8) is 0 Å². The summed E-state index contributed by atoms with van der Waals surface area (Å²) in [6.45, 7) is 8.68. The van der Waals surface area contributed by atoms with Crippen molar-refractivity contribution < 1.29 is 9.90 Å². The monoisotopic (exact) mass is 450 g/mol. The molecular formula is C23H26N6O2S. The number of aromatic hydroxyl groups is 1. The van der Waals surface area contributed by atoms with E-state index in [4.69, 9.17) is 0 Å². The Hall–Kier alpha value is -3.59. The van der Waals surface area contributed by atoms with E-state index in [0.29, 0.717) is 18.2 Å². The van der Waals surface area contributed by atoms with Crippen molar-refractivity contribution in [3.05, 3.63) is 78.1 Å². The second kappa shape index (κ2) is 11.1. The van der Waals surface area contributed by atoms with Crippen molar-refractivity contribution in [3.8, 4) is 5.75 Å². The summed E-state index contributed by atoms with van der Waals surface area (Å²) in [5, 5.41) is 25.4. The van der Waals surface area contributed by atoms with Crippen molar-refractivity contribution in [2.45, 2.75) is 37.3 Å². The molecule has 1 amide bonds. The summed E-state index contributed by atoms with van der Waals surface area (Å²) >= 11 is 1.31. The minimum atomic E-state index is -0.433. The Balaban J connectivity index is 1.59. The molecule has 0 radical (unpaired) electrons. The van der Waals surface area contributed by atoms with Crippen molar-refractivity contribution in [1.82, 2.24) is 20.2 Å². The second-order valence-corrected chi connectivity index (χ2v) is 8.41. The molecule has 3 rings (SSSR count). The topological polar surface area (TPSA) is 104 Å². The highest BCUT2D eigenvalue weighted by Crippen LogP contribution is 2.23. The Bertz CT molecular complexity index is 1080. The van der Waals surface area contributed by atoms with Crippen molar-refractivity contribution in [2.24, 2.45) is 5.10 Å². The molecule has 1 heterocycles. The molecule has 1 aromatic heterocycles. The third kappa shape index (κ3) is 6.45. The number of hydrogen-bond acceptors (Lipinski definition) is 7. The summed E-state index contributed by atoms with van der Waals surface area (Å²) in [5.74, 6) is 0.678. The SMILES string of the molecule is C=CCn1c(CNc2ccc(C)cc2)nnc1S[C@H](C)C(=O)N/N=C/c1ccc(O)cc1. The number of rotatable bonds is 10. The number of carbonyl (C=O) groups is 1. The van der Waals surface area contributed by atoms with Gasteiger partial charge in [-0.2, -0.15) is 5.10 Å². The van der Waals surface area contributed by atoms with Crippen LogP contribution in [0.15, 0.2) is 71.4 Å². The first kappa shape index (κ1) is 23.1. The lowest BCUT2D eigenvalue weighted by Crippen LogP contribution is -2.27. The molecule has 0 aliphatic heterocycles. The van der Waals surface area contributed by atoms with Crippen LogP contribution in [0, 0.1) is 6.92 Å². The predicted octanol–water partition coefficient (Wildman–Crippen LogP) is 3.72. The van der Waals surface area contributed by atoms with E-state index in [1.807, 2.05) is 35.8 Å². The van der Waals surface area contributed by atoms with Crippen molar-refractivity contribution in [1.29, 1.82) is 0 Å². The summed E-state index contributed by atoms with van der Waals surface area (Å²) in [6, 6.07) is 14.6. The molecule has 0 bridgehead atoms. The largest absolute Gasteiger partial charge is 0.508 e. The predicted molar refractivity (Wildman–Crippen MR) is 128 cm³/mol. The number of carbonyl (C=O) groups excluding carboxylic acids is 1. The van der Waals surface area contributed by atoms with Crippen LogP contribution in [0.1, 0.15) is 23.9 Å². The molecule has 2 aromatic carbocycles. The van der Waals surface area contributed by atoms with Gasteiger partial charge in [-0.15, -0.1) is 16.8 Å². The zero-order valence-electron chi connectivity index (χ0n) is 18.0. The van der Waals surface area contributed by atoms with Gasteiger partial charge in [-0.1, -0.05) is 35.5 Å². The van der Waals surface area contributed by atoms with Gasteiger partial charge in [-0.05, 0) is 55.8 Å². The van der Waals surface area contributed by atoms with Crippen molar-refractivity contribution >= 4 is 29.6 Å². The minimum Gasteiger partial charge on any atom is -0.508 e. The van der Waals surface area contributed by atoms with E-state index in [2.05, 4.69) is 32.6 Å². The smallest absolute Gasteiger partial charge is 0.253 e. The van der Waals surface area contributed by atoms with Gasteiger partial charge >= 0.3 is 0 Å². The molecule has 8 nitrogen and oxygen atoms in total.